The Kier molecular flexibility index (Phi) is 3.84. The minimum atomic E-state index is 0.719. The zero-order chi connectivity index (χ0) is 9.80. The first-order chi connectivity index (χ1) is 6.88. The van der Waals surface area contributed by atoms with Crippen LogP contribution in [0.25, 0.3) is 0 Å². The lowest BCUT2D eigenvalue weighted by Gasteiger charge is -2.10. The molecule has 0 spiro atoms. The Morgan fingerprint density at radius 2 is 2.57 bits per heavy atom. The van der Waals surface area contributed by atoms with Crippen LogP contribution in [0.2, 0.25) is 0 Å². The van der Waals surface area contributed by atoms with Crippen molar-refractivity contribution in [3.05, 3.63) is 16.6 Å². The van der Waals surface area contributed by atoms with Gasteiger partial charge in [0.25, 0.3) is 0 Å². The van der Waals surface area contributed by atoms with Gasteiger partial charge in [-0.25, -0.2) is 4.98 Å². The van der Waals surface area contributed by atoms with E-state index in [0.717, 1.165) is 17.8 Å². The van der Waals surface area contributed by atoms with E-state index in [2.05, 4.69) is 16.6 Å². The van der Waals surface area contributed by atoms with Gasteiger partial charge in [0, 0.05) is 29.4 Å². The number of thioether (sulfide) groups is 1. The Labute approximate surface area is 93.5 Å². The molecule has 0 aliphatic heterocycles. The van der Waals surface area contributed by atoms with Crippen LogP contribution in [0.15, 0.2) is 11.6 Å². The van der Waals surface area contributed by atoms with E-state index in [9.17, 15) is 0 Å². The first kappa shape index (κ1) is 10.5. The lowest BCUT2D eigenvalue weighted by molar-refractivity contribution is 0.524. The molecule has 0 saturated heterocycles. The van der Waals surface area contributed by atoms with E-state index < -0.39 is 0 Å². The fourth-order valence-corrected chi connectivity index (χ4v) is 3.28. The summed E-state index contributed by atoms with van der Waals surface area (Å²) in [5.41, 5.74) is 0. The van der Waals surface area contributed by atoms with Crippen molar-refractivity contribution in [2.24, 2.45) is 0 Å². The first-order valence-corrected chi connectivity index (χ1v) is 7.20. The van der Waals surface area contributed by atoms with Crippen LogP contribution in [0.4, 0.5) is 0 Å². The highest BCUT2D eigenvalue weighted by molar-refractivity contribution is 7.99. The van der Waals surface area contributed by atoms with Crippen molar-refractivity contribution in [3.63, 3.8) is 0 Å². The van der Waals surface area contributed by atoms with Gasteiger partial charge in [-0.3, -0.25) is 0 Å². The van der Waals surface area contributed by atoms with Gasteiger partial charge in [0.05, 0.1) is 0 Å². The Balaban J connectivity index is 1.72. The van der Waals surface area contributed by atoms with Crippen LogP contribution in [0.3, 0.4) is 0 Å². The predicted molar refractivity (Wildman–Crippen MR) is 63.9 cm³/mol. The zero-order valence-electron chi connectivity index (χ0n) is 8.40. The molecule has 1 N–H and O–H groups in total. The summed E-state index contributed by atoms with van der Waals surface area (Å²) in [5, 5.41) is 7.71. The second-order valence-electron chi connectivity index (χ2n) is 3.67. The Morgan fingerprint density at radius 3 is 3.21 bits per heavy atom. The van der Waals surface area contributed by atoms with Crippen LogP contribution in [0.5, 0.6) is 0 Å². The van der Waals surface area contributed by atoms with Crippen LogP contribution in [-0.4, -0.2) is 22.5 Å². The number of rotatable bonds is 4. The number of nitrogens with zero attached hydrogens (tertiary/aromatic N) is 1. The molecular formula is C10H16N2S2. The van der Waals surface area contributed by atoms with Gasteiger partial charge in [0.1, 0.15) is 5.01 Å². The van der Waals surface area contributed by atoms with Gasteiger partial charge >= 0.3 is 0 Å². The molecule has 0 radical (unpaired) electrons. The van der Waals surface area contributed by atoms with Crippen LogP contribution in [0.1, 0.15) is 24.3 Å². The molecular weight excluding hydrogens is 212 g/mol. The highest BCUT2D eigenvalue weighted by atomic mass is 32.2. The molecule has 0 aromatic carbocycles. The molecule has 2 atom stereocenters. The zero-order valence-corrected chi connectivity index (χ0v) is 10.0. The minimum absolute atomic E-state index is 0.719. The summed E-state index contributed by atoms with van der Waals surface area (Å²) in [4.78, 5) is 4.27. The third-order valence-corrected chi connectivity index (χ3v) is 4.62. The van der Waals surface area contributed by atoms with Crippen LogP contribution < -0.4 is 5.32 Å². The summed E-state index contributed by atoms with van der Waals surface area (Å²) < 4.78 is 0. The molecule has 1 aromatic heterocycles. The minimum Gasteiger partial charge on any atom is -0.308 e. The smallest absolute Gasteiger partial charge is 0.106 e. The van der Waals surface area contributed by atoms with Gasteiger partial charge in [-0.2, -0.15) is 11.8 Å². The quantitative estimate of drug-likeness (QED) is 0.857. The van der Waals surface area contributed by atoms with Crippen molar-refractivity contribution in [2.75, 3.05) is 6.26 Å². The van der Waals surface area contributed by atoms with Gasteiger partial charge in [-0.15, -0.1) is 11.3 Å². The molecule has 0 amide bonds. The summed E-state index contributed by atoms with van der Waals surface area (Å²) in [7, 11) is 0. The summed E-state index contributed by atoms with van der Waals surface area (Å²) in [5.74, 6) is 0. The molecule has 78 valence electrons. The summed E-state index contributed by atoms with van der Waals surface area (Å²) >= 11 is 3.74. The van der Waals surface area contributed by atoms with E-state index >= 15 is 0 Å². The van der Waals surface area contributed by atoms with Gasteiger partial charge in [0.2, 0.25) is 0 Å². The van der Waals surface area contributed by atoms with Crippen molar-refractivity contribution in [1.29, 1.82) is 0 Å². The molecule has 14 heavy (non-hydrogen) atoms. The third kappa shape index (κ3) is 2.72. The molecule has 2 unspecified atom stereocenters. The van der Waals surface area contributed by atoms with Gasteiger partial charge < -0.3 is 5.32 Å². The number of thiazole rings is 1. The van der Waals surface area contributed by atoms with Gasteiger partial charge in [-0.05, 0) is 25.5 Å². The molecule has 4 heteroatoms. The average molecular weight is 228 g/mol. The summed E-state index contributed by atoms with van der Waals surface area (Å²) in [6.45, 7) is 0.948. The molecule has 2 rings (SSSR count). The first-order valence-electron chi connectivity index (χ1n) is 5.03. The number of aromatic nitrogens is 1. The highest BCUT2D eigenvalue weighted by Gasteiger charge is 2.23. The maximum Gasteiger partial charge on any atom is 0.106 e. The standard InChI is InChI=1S/C10H16N2S2/c1-13-9-3-2-8(6-9)12-7-10-11-4-5-14-10/h4-5,8-9,12H,2-3,6-7H2,1H3. The van der Waals surface area contributed by atoms with E-state index in [1.54, 1.807) is 11.3 Å². The highest BCUT2D eigenvalue weighted by Crippen LogP contribution is 2.28. The molecule has 1 fully saturated rings. The van der Waals surface area contributed by atoms with Gasteiger partial charge in [0.15, 0.2) is 0 Å². The number of hydrogen-bond donors (Lipinski definition) is 1. The topological polar surface area (TPSA) is 24.9 Å². The fourth-order valence-electron chi connectivity index (χ4n) is 1.91. The molecule has 2 nitrogen and oxygen atoms in total. The Bertz CT molecular complexity index is 261. The molecule has 0 bridgehead atoms. The normalized spacial score (nSPS) is 26.9. The van der Waals surface area contributed by atoms with E-state index in [0.29, 0.717) is 0 Å². The Morgan fingerprint density at radius 1 is 1.64 bits per heavy atom. The Hall–Kier alpha value is -0.0600. The van der Waals surface area contributed by atoms with Crippen molar-refractivity contribution < 1.29 is 0 Å². The van der Waals surface area contributed by atoms with Crippen molar-refractivity contribution in [1.82, 2.24) is 10.3 Å². The third-order valence-electron chi connectivity index (χ3n) is 2.74. The van der Waals surface area contributed by atoms with E-state index in [1.807, 2.05) is 23.3 Å². The molecule has 1 aliphatic rings. The van der Waals surface area contributed by atoms with Gasteiger partial charge in [-0.1, -0.05) is 0 Å². The SMILES string of the molecule is CSC1CCC(NCc2nccs2)C1. The molecule has 1 saturated carbocycles. The summed E-state index contributed by atoms with van der Waals surface area (Å²) in [6, 6.07) is 0.719. The molecule has 1 aliphatic carbocycles. The largest absolute Gasteiger partial charge is 0.308 e. The molecule has 1 aromatic rings. The van der Waals surface area contributed by atoms with Crippen LogP contribution in [0, 0.1) is 0 Å². The second-order valence-corrected chi connectivity index (χ2v) is 5.79. The van der Waals surface area contributed by atoms with E-state index in [4.69, 9.17) is 0 Å². The second kappa shape index (κ2) is 5.14. The molecule has 1 heterocycles. The average Bonchev–Trinajstić information content (AvgIpc) is 2.86. The lowest BCUT2D eigenvalue weighted by atomic mass is 10.2. The van der Waals surface area contributed by atoms with Crippen molar-refractivity contribution in [3.8, 4) is 0 Å². The fraction of sp³-hybridized carbons (Fsp3) is 0.700. The van der Waals surface area contributed by atoms with E-state index in [1.165, 1.54) is 24.3 Å². The predicted octanol–water partition coefficient (Wildman–Crippen LogP) is 2.52. The number of hydrogen-bond acceptors (Lipinski definition) is 4. The maximum atomic E-state index is 4.27. The van der Waals surface area contributed by atoms with Crippen molar-refractivity contribution in [2.45, 2.75) is 37.1 Å². The lowest BCUT2D eigenvalue weighted by Crippen LogP contribution is -2.25. The monoisotopic (exact) mass is 228 g/mol. The maximum absolute atomic E-state index is 4.27. The number of nitrogens with one attached hydrogen (secondary N) is 1. The van der Waals surface area contributed by atoms with Crippen molar-refractivity contribution >= 4 is 23.1 Å². The van der Waals surface area contributed by atoms with E-state index in [-0.39, 0.29) is 0 Å². The van der Waals surface area contributed by atoms with Crippen LogP contribution in [-0.2, 0) is 6.54 Å². The summed E-state index contributed by atoms with van der Waals surface area (Å²) in [6.07, 6.45) is 8.12. The van der Waals surface area contributed by atoms with Crippen LogP contribution >= 0.6 is 23.1 Å².